The Morgan fingerprint density at radius 1 is 1.29 bits per heavy atom. The van der Waals surface area contributed by atoms with Gasteiger partial charge < -0.3 is 9.88 Å². The van der Waals surface area contributed by atoms with Gasteiger partial charge in [-0.25, -0.2) is 4.98 Å². The van der Waals surface area contributed by atoms with Gasteiger partial charge >= 0.3 is 0 Å². The van der Waals surface area contributed by atoms with E-state index in [1.54, 1.807) is 11.3 Å². The van der Waals surface area contributed by atoms with E-state index in [-0.39, 0.29) is 0 Å². The highest BCUT2D eigenvalue weighted by Crippen LogP contribution is 2.12. The van der Waals surface area contributed by atoms with Crippen LogP contribution >= 0.6 is 11.3 Å². The molecule has 0 aliphatic rings. The van der Waals surface area contributed by atoms with Crippen LogP contribution in [0.2, 0.25) is 0 Å². The predicted octanol–water partition coefficient (Wildman–Crippen LogP) is 3.53. The summed E-state index contributed by atoms with van der Waals surface area (Å²) in [7, 11) is 0. The van der Waals surface area contributed by atoms with Crippen molar-refractivity contribution < 1.29 is 0 Å². The summed E-state index contributed by atoms with van der Waals surface area (Å²) < 4.78 is 4.42. The molecule has 0 saturated heterocycles. The topological polar surface area (TPSA) is 34.3 Å². The van der Waals surface area contributed by atoms with Gasteiger partial charge in [0, 0.05) is 49.3 Å². The molecule has 0 unspecified atom stereocenters. The van der Waals surface area contributed by atoms with Crippen molar-refractivity contribution in [3.8, 4) is 0 Å². The summed E-state index contributed by atoms with van der Waals surface area (Å²) in [5.41, 5.74) is 2.44. The molecule has 112 valence electrons. The number of hydrogen-bond donors (Lipinski definition) is 1. The minimum Gasteiger partial charge on any atom is -0.350 e. The highest BCUT2D eigenvalue weighted by atomic mass is 32.1. The lowest BCUT2D eigenvalue weighted by molar-refractivity contribution is 0.501. The first-order valence-corrected chi connectivity index (χ1v) is 8.36. The molecule has 1 N–H and O–H groups in total. The van der Waals surface area contributed by atoms with Gasteiger partial charge in [0.1, 0.15) is 0 Å². The van der Waals surface area contributed by atoms with E-state index in [4.69, 9.17) is 0 Å². The fourth-order valence-electron chi connectivity index (χ4n) is 2.41. The summed E-state index contributed by atoms with van der Waals surface area (Å²) in [6.45, 7) is 7.33. The molecule has 0 spiro atoms. The van der Waals surface area contributed by atoms with Crippen LogP contribution in [0.15, 0.2) is 36.1 Å². The third-order valence-corrected chi connectivity index (χ3v) is 4.40. The molecule has 0 fully saturated rings. The maximum atomic E-state index is 4.59. The molecule has 3 aromatic heterocycles. The first-order valence-electron chi connectivity index (χ1n) is 7.48. The van der Waals surface area contributed by atoms with Crippen molar-refractivity contribution in [1.82, 2.24) is 19.3 Å². The van der Waals surface area contributed by atoms with Gasteiger partial charge in [0.25, 0.3) is 0 Å². The van der Waals surface area contributed by atoms with E-state index in [1.165, 1.54) is 12.1 Å². The second-order valence-electron chi connectivity index (χ2n) is 5.80. The number of hydrogen-bond acceptors (Lipinski definition) is 3. The smallest absolute Gasteiger partial charge is 0.193 e. The molecule has 0 aromatic carbocycles. The van der Waals surface area contributed by atoms with Gasteiger partial charge in [-0.2, -0.15) is 0 Å². The van der Waals surface area contributed by atoms with Gasteiger partial charge in [0.15, 0.2) is 4.96 Å². The van der Waals surface area contributed by atoms with E-state index >= 15 is 0 Å². The zero-order chi connectivity index (χ0) is 14.7. The lowest BCUT2D eigenvalue weighted by atomic mass is 10.1. The minimum atomic E-state index is 0.742. The molecule has 0 aliphatic carbocycles. The van der Waals surface area contributed by atoms with E-state index in [0.29, 0.717) is 0 Å². The summed E-state index contributed by atoms with van der Waals surface area (Å²) in [6, 6.07) is 4.32. The number of fused-ring (bicyclic) bond motifs is 1. The SMILES string of the molecule is CC(C)CCn1cccc1CNCc1cn2ccsc2n1. The maximum Gasteiger partial charge on any atom is 0.193 e. The number of aryl methyl sites for hydroxylation is 1. The molecule has 21 heavy (non-hydrogen) atoms. The molecule has 5 heteroatoms. The minimum absolute atomic E-state index is 0.742. The van der Waals surface area contributed by atoms with Crippen LogP contribution in [0.5, 0.6) is 0 Å². The van der Waals surface area contributed by atoms with Crippen LogP contribution < -0.4 is 5.32 Å². The Hall–Kier alpha value is -1.59. The average molecular weight is 302 g/mol. The van der Waals surface area contributed by atoms with E-state index in [9.17, 15) is 0 Å². The van der Waals surface area contributed by atoms with Crippen LogP contribution in [-0.2, 0) is 19.6 Å². The standard InChI is InChI=1S/C16H22N4S/c1-13(2)5-7-19-6-3-4-15(19)11-17-10-14-12-20-8-9-21-16(20)18-14/h3-4,6,8-9,12-13,17H,5,7,10-11H2,1-2H3. The molecule has 0 saturated carbocycles. The van der Waals surface area contributed by atoms with Crippen LogP contribution in [0, 0.1) is 5.92 Å². The molecule has 3 heterocycles. The monoisotopic (exact) mass is 302 g/mol. The van der Waals surface area contributed by atoms with Crippen molar-refractivity contribution in [2.75, 3.05) is 0 Å². The zero-order valence-corrected chi connectivity index (χ0v) is 13.4. The van der Waals surface area contributed by atoms with E-state index in [1.807, 2.05) is 6.20 Å². The summed E-state index contributed by atoms with van der Waals surface area (Å²) >= 11 is 1.67. The number of aromatic nitrogens is 3. The fourth-order valence-corrected chi connectivity index (χ4v) is 3.12. The Morgan fingerprint density at radius 3 is 3.00 bits per heavy atom. The van der Waals surface area contributed by atoms with E-state index in [2.05, 4.69) is 63.0 Å². The summed E-state index contributed by atoms with van der Waals surface area (Å²) in [4.78, 5) is 5.65. The summed E-state index contributed by atoms with van der Waals surface area (Å²) in [5.74, 6) is 0.742. The normalized spacial score (nSPS) is 11.8. The van der Waals surface area contributed by atoms with Crippen LogP contribution in [0.4, 0.5) is 0 Å². The van der Waals surface area contributed by atoms with Gasteiger partial charge in [0.05, 0.1) is 5.69 Å². The Morgan fingerprint density at radius 2 is 2.19 bits per heavy atom. The molecule has 4 nitrogen and oxygen atoms in total. The second-order valence-corrected chi connectivity index (χ2v) is 6.68. The number of thiazole rings is 1. The van der Waals surface area contributed by atoms with Gasteiger partial charge in [-0.3, -0.25) is 4.40 Å². The van der Waals surface area contributed by atoms with Crippen molar-refractivity contribution in [3.63, 3.8) is 0 Å². The molecule has 0 bridgehead atoms. The third-order valence-electron chi connectivity index (χ3n) is 3.63. The van der Waals surface area contributed by atoms with Crippen LogP contribution in [-0.4, -0.2) is 14.0 Å². The molecule has 0 aliphatic heterocycles. The van der Waals surface area contributed by atoms with Crippen LogP contribution in [0.3, 0.4) is 0 Å². The van der Waals surface area contributed by atoms with Gasteiger partial charge in [0.2, 0.25) is 0 Å². The average Bonchev–Trinajstić information content (AvgIpc) is 3.11. The molecule has 0 amide bonds. The summed E-state index contributed by atoms with van der Waals surface area (Å²) in [6.07, 6.45) is 7.54. The van der Waals surface area contributed by atoms with Crippen LogP contribution in [0.1, 0.15) is 31.7 Å². The number of nitrogens with one attached hydrogen (secondary N) is 1. The van der Waals surface area contributed by atoms with Crippen molar-refractivity contribution in [2.24, 2.45) is 5.92 Å². The number of rotatable bonds is 7. The van der Waals surface area contributed by atoms with Crippen molar-refractivity contribution in [2.45, 2.75) is 39.9 Å². The van der Waals surface area contributed by atoms with Crippen molar-refractivity contribution in [3.05, 3.63) is 47.5 Å². The maximum absolute atomic E-state index is 4.59. The lowest BCUT2D eigenvalue weighted by Gasteiger charge is -2.11. The van der Waals surface area contributed by atoms with Crippen molar-refractivity contribution >= 4 is 16.3 Å². The van der Waals surface area contributed by atoms with Crippen LogP contribution in [0.25, 0.3) is 4.96 Å². The molecule has 0 atom stereocenters. The Kier molecular flexibility index (Phi) is 4.41. The number of imidazole rings is 1. The fraction of sp³-hybridized carbons (Fsp3) is 0.438. The van der Waals surface area contributed by atoms with Crippen molar-refractivity contribution in [1.29, 1.82) is 0 Å². The quantitative estimate of drug-likeness (QED) is 0.724. The van der Waals surface area contributed by atoms with Gasteiger partial charge in [-0.05, 0) is 24.5 Å². The Bertz CT molecular complexity index is 663. The predicted molar refractivity (Wildman–Crippen MR) is 87.5 cm³/mol. The van der Waals surface area contributed by atoms with Gasteiger partial charge in [-0.15, -0.1) is 11.3 Å². The zero-order valence-electron chi connectivity index (χ0n) is 12.6. The molecular weight excluding hydrogens is 280 g/mol. The largest absolute Gasteiger partial charge is 0.350 e. The van der Waals surface area contributed by atoms with E-state index < -0.39 is 0 Å². The lowest BCUT2D eigenvalue weighted by Crippen LogP contribution is -2.16. The van der Waals surface area contributed by atoms with Gasteiger partial charge in [-0.1, -0.05) is 13.8 Å². The Balaban J connectivity index is 1.53. The Labute approximate surface area is 129 Å². The second kappa shape index (κ2) is 6.45. The summed E-state index contributed by atoms with van der Waals surface area (Å²) in [5, 5.41) is 5.55. The highest BCUT2D eigenvalue weighted by molar-refractivity contribution is 7.15. The number of nitrogens with zero attached hydrogens (tertiary/aromatic N) is 3. The highest BCUT2D eigenvalue weighted by Gasteiger charge is 2.04. The van der Waals surface area contributed by atoms with E-state index in [0.717, 1.165) is 36.2 Å². The first kappa shape index (κ1) is 14.4. The molecule has 3 rings (SSSR count). The first-order chi connectivity index (χ1) is 10.2. The third kappa shape index (κ3) is 3.54. The molecule has 0 radical (unpaired) electrons. The molecule has 3 aromatic rings. The molecular formula is C16H22N4S.